The van der Waals surface area contributed by atoms with Crippen LogP contribution in [0.4, 0.5) is 4.39 Å². The molecule has 0 saturated carbocycles. The summed E-state index contributed by atoms with van der Waals surface area (Å²) in [5.41, 5.74) is 0.360. The summed E-state index contributed by atoms with van der Waals surface area (Å²) < 4.78 is 17.5. The van der Waals surface area contributed by atoms with Crippen LogP contribution in [0.3, 0.4) is 0 Å². The van der Waals surface area contributed by atoms with Gasteiger partial charge in [-0.1, -0.05) is 11.6 Å². The molecule has 0 aliphatic carbocycles. The summed E-state index contributed by atoms with van der Waals surface area (Å²) in [4.78, 5) is 27.8. The van der Waals surface area contributed by atoms with E-state index in [1.165, 1.54) is 27.1 Å². The van der Waals surface area contributed by atoms with Crippen molar-refractivity contribution in [3.63, 3.8) is 0 Å². The number of hydrogen-bond donors (Lipinski definition) is 0. The van der Waals surface area contributed by atoms with E-state index < -0.39 is 23.5 Å². The molecule has 0 saturated heterocycles. The van der Waals surface area contributed by atoms with Gasteiger partial charge in [0.2, 0.25) is 0 Å². The number of ether oxygens (including phenoxy) is 1. The molecule has 1 aromatic rings. The third-order valence-corrected chi connectivity index (χ3v) is 2.98. The summed E-state index contributed by atoms with van der Waals surface area (Å²) in [5, 5.41) is -0.0530. The smallest absolute Gasteiger partial charge is 0.322 e. The molecule has 0 amide bonds. The molecule has 1 unspecified atom stereocenters. The topological polar surface area (TPSA) is 55.7 Å². The molecule has 0 fully saturated rings. The molecule has 1 aromatic carbocycles. The van der Waals surface area contributed by atoms with Crippen LogP contribution in [-0.2, 0) is 9.53 Å². The third-order valence-electron chi connectivity index (χ3n) is 2.67. The molecule has 0 aliphatic heterocycles. The molecule has 4 nitrogen and oxygen atoms in total. The van der Waals surface area contributed by atoms with E-state index in [1.807, 2.05) is 0 Å². The SMILES string of the molecule is CN=C(C)C(C(=O)OC)C(=O)c1ccc(F)cc1Cl. The number of esters is 1. The first-order chi connectivity index (χ1) is 8.92. The number of carbonyl (C=O) groups is 2. The van der Waals surface area contributed by atoms with E-state index in [0.717, 1.165) is 12.1 Å². The fourth-order valence-electron chi connectivity index (χ4n) is 1.56. The Kier molecular flexibility index (Phi) is 5.18. The Morgan fingerprint density at radius 2 is 2.05 bits per heavy atom. The predicted molar refractivity (Wildman–Crippen MR) is 70.3 cm³/mol. The molecule has 0 aromatic heterocycles. The number of Topliss-reactive ketones (excluding diaryl/α,β-unsaturated/α-hetero) is 1. The van der Waals surface area contributed by atoms with Crippen molar-refractivity contribution in [1.29, 1.82) is 0 Å². The van der Waals surface area contributed by atoms with Crippen molar-refractivity contribution >= 4 is 29.1 Å². The Morgan fingerprint density at radius 1 is 1.42 bits per heavy atom. The molecule has 102 valence electrons. The van der Waals surface area contributed by atoms with E-state index >= 15 is 0 Å². The van der Waals surface area contributed by atoms with Crippen molar-refractivity contribution in [2.45, 2.75) is 6.92 Å². The second-order valence-electron chi connectivity index (χ2n) is 3.81. The molecular formula is C13H13ClFNO3. The van der Waals surface area contributed by atoms with E-state index in [4.69, 9.17) is 11.6 Å². The first kappa shape index (κ1) is 15.3. The van der Waals surface area contributed by atoms with Crippen LogP contribution in [0.1, 0.15) is 17.3 Å². The van der Waals surface area contributed by atoms with Crippen molar-refractivity contribution in [2.75, 3.05) is 14.2 Å². The van der Waals surface area contributed by atoms with Gasteiger partial charge < -0.3 is 4.74 Å². The normalized spacial score (nSPS) is 13.0. The third kappa shape index (κ3) is 3.38. The van der Waals surface area contributed by atoms with Crippen LogP contribution >= 0.6 is 11.6 Å². The van der Waals surface area contributed by atoms with Gasteiger partial charge in [0, 0.05) is 18.3 Å². The molecule has 1 atom stereocenters. The van der Waals surface area contributed by atoms with Crippen molar-refractivity contribution < 1.29 is 18.7 Å². The highest BCUT2D eigenvalue weighted by Crippen LogP contribution is 2.22. The lowest BCUT2D eigenvalue weighted by Gasteiger charge is -2.14. The molecule has 0 heterocycles. The highest BCUT2D eigenvalue weighted by Gasteiger charge is 2.32. The average Bonchev–Trinajstić information content (AvgIpc) is 2.38. The Bertz CT molecular complexity index is 543. The zero-order chi connectivity index (χ0) is 14.6. The fourth-order valence-corrected chi connectivity index (χ4v) is 1.82. The van der Waals surface area contributed by atoms with Gasteiger partial charge in [-0.2, -0.15) is 0 Å². The number of rotatable bonds is 4. The lowest BCUT2D eigenvalue weighted by atomic mass is 9.93. The lowest BCUT2D eigenvalue weighted by molar-refractivity contribution is -0.141. The zero-order valence-electron chi connectivity index (χ0n) is 10.7. The van der Waals surface area contributed by atoms with Gasteiger partial charge in [-0.25, -0.2) is 4.39 Å². The van der Waals surface area contributed by atoms with E-state index in [1.54, 1.807) is 0 Å². The molecule has 1 rings (SSSR count). The van der Waals surface area contributed by atoms with E-state index in [9.17, 15) is 14.0 Å². The molecule has 0 spiro atoms. The van der Waals surface area contributed by atoms with Crippen LogP contribution in [-0.4, -0.2) is 31.6 Å². The van der Waals surface area contributed by atoms with Gasteiger partial charge in [0.25, 0.3) is 0 Å². The van der Waals surface area contributed by atoms with E-state index in [-0.39, 0.29) is 10.6 Å². The first-order valence-electron chi connectivity index (χ1n) is 5.42. The van der Waals surface area contributed by atoms with Crippen LogP contribution in [0.5, 0.6) is 0 Å². The Labute approximate surface area is 115 Å². The van der Waals surface area contributed by atoms with Crippen LogP contribution in [0.15, 0.2) is 23.2 Å². The number of aliphatic imine (C=N–C) groups is 1. The summed E-state index contributed by atoms with van der Waals surface area (Å²) in [7, 11) is 2.64. The van der Waals surface area contributed by atoms with Gasteiger partial charge in [-0.3, -0.25) is 14.6 Å². The molecular weight excluding hydrogens is 273 g/mol. The maximum absolute atomic E-state index is 13.0. The largest absolute Gasteiger partial charge is 0.468 e. The Morgan fingerprint density at radius 3 is 2.53 bits per heavy atom. The molecule has 0 aliphatic rings. The highest BCUT2D eigenvalue weighted by atomic mass is 35.5. The summed E-state index contributed by atoms with van der Waals surface area (Å²) in [6, 6.07) is 3.35. The van der Waals surface area contributed by atoms with Crippen LogP contribution < -0.4 is 0 Å². The number of methoxy groups -OCH3 is 1. The monoisotopic (exact) mass is 285 g/mol. The number of nitrogens with zero attached hydrogens (tertiary/aromatic N) is 1. The molecule has 0 N–H and O–H groups in total. The van der Waals surface area contributed by atoms with Crippen molar-refractivity contribution in [1.82, 2.24) is 0 Å². The van der Waals surface area contributed by atoms with Crippen LogP contribution in [0, 0.1) is 11.7 Å². The number of halogens is 2. The number of benzene rings is 1. The van der Waals surface area contributed by atoms with Gasteiger partial charge in [0.15, 0.2) is 11.7 Å². The maximum atomic E-state index is 13.0. The van der Waals surface area contributed by atoms with E-state index in [2.05, 4.69) is 9.73 Å². The minimum absolute atomic E-state index is 0.0530. The standard InChI is InChI=1S/C13H13ClFNO3/c1-7(16-2)11(13(18)19-3)12(17)9-5-4-8(15)6-10(9)14/h4-6,11H,1-3H3. The minimum atomic E-state index is -1.17. The maximum Gasteiger partial charge on any atom is 0.322 e. The molecule has 6 heteroatoms. The Hall–Kier alpha value is -1.75. The van der Waals surface area contributed by atoms with E-state index in [0.29, 0.717) is 5.71 Å². The Balaban J connectivity index is 3.23. The predicted octanol–water partition coefficient (Wildman–Crippen LogP) is 2.54. The molecule has 19 heavy (non-hydrogen) atoms. The number of ketones is 1. The number of carbonyl (C=O) groups excluding carboxylic acids is 2. The summed E-state index contributed by atoms with van der Waals surface area (Å²) in [6.07, 6.45) is 0. The highest BCUT2D eigenvalue weighted by molar-refractivity contribution is 6.36. The first-order valence-corrected chi connectivity index (χ1v) is 5.80. The average molecular weight is 286 g/mol. The van der Waals surface area contributed by atoms with Gasteiger partial charge in [-0.15, -0.1) is 0 Å². The number of hydrogen-bond acceptors (Lipinski definition) is 4. The fraction of sp³-hybridized carbons (Fsp3) is 0.308. The van der Waals surface area contributed by atoms with Crippen molar-refractivity contribution in [3.8, 4) is 0 Å². The van der Waals surface area contributed by atoms with Gasteiger partial charge >= 0.3 is 5.97 Å². The quantitative estimate of drug-likeness (QED) is 0.370. The second-order valence-corrected chi connectivity index (χ2v) is 4.22. The lowest BCUT2D eigenvalue weighted by Crippen LogP contribution is -2.31. The van der Waals surface area contributed by atoms with Crippen LogP contribution in [0.25, 0.3) is 0 Å². The van der Waals surface area contributed by atoms with Crippen LogP contribution in [0.2, 0.25) is 5.02 Å². The molecule has 0 bridgehead atoms. The summed E-state index contributed by atoms with van der Waals surface area (Å²) in [5.74, 6) is -3.02. The van der Waals surface area contributed by atoms with Crippen molar-refractivity contribution in [2.24, 2.45) is 10.9 Å². The summed E-state index contributed by atoms with van der Waals surface area (Å²) in [6.45, 7) is 1.54. The molecule has 0 radical (unpaired) electrons. The summed E-state index contributed by atoms with van der Waals surface area (Å²) >= 11 is 5.81. The van der Waals surface area contributed by atoms with Crippen molar-refractivity contribution in [3.05, 3.63) is 34.6 Å². The second kappa shape index (κ2) is 6.43. The van der Waals surface area contributed by atoms with Gasteiger partial charge in [0.05, 0.1) is 12.1 Å². The van der Waals surface area contributed by atoms with Gasteiger partial charge in [-0.05, 0) is 25.1 Å². The zero-order valence-corrected chi connectivity index (χ0v) is 11.5. The minimum Gasteiger partial charge on any atom is -0.468 e. The van der Waals surface area contributed by atoms with Gasteiger partial charge in [0.1, 0.15) is 5.82 Å².